The van der Waals surface area contributed by atoms with Crippen molar-refractivity contribution in [3.05, 3.63) is 66.2 Å². The third kappa shape index (κ3) is 16.4. The van der Waals surface area contributed by atoms with Crippen molar-refractivity contribution >= 4 is 30.7 Å². The van der Waals surface area contributed by atoms with Crippen LogP contribution in [0.1, 0.15) is 194 Å². The minimum atomic E-state index is -0.222. The van der Waals surface area contributed by atoms with Gasteiger partial charge in [0, 0.05) is 4.91 Å². The highest BCUT2D eigenvalue weighted by Gasteiger charge is 2.24. The van der Waals surface area contributed by atoms with E-state index in [-0.39, 0.29) is 30.7 Å². The molecule has 0 radical (unpaired) electrons. The van der Waals surface area contributed by atoms with Gasteiger partial charge < -0.3 is 0 Å². The summed E-state index contributed by atoms with van der Waals surface area (Å²) in [7, 11) is -0.471. The molecule has 3 aliphatic rings. The maximum absolute atomic E-state index is 2.79. The zero-order chi connectivity index (χ0) is 31.8. The standard InChI is InChI=1S/C42H74S3/c1-4-7-10-13-15-17-19-21-23-25-28-39-31-33-43(36-39)42-35-41(30-27-12-9-6-3)45(38-42)44-34-32-40(37-44)29-26-24-22-20-18-16-14-11-8-5-2/h31-38,43-45H,4-30H2,1-3H3. The van der Waals surface area contributed by atoms with Crippen LogP contribution in [-0.2, 0) is 0 Å². The van der Waals surface area contributed by atoms with Gasteiger partial charge in [0.15, 0.2) is 0 Å². The first-order valence-electron chi connectivity index (χ1n) is 19.8. The first kappa shape index (κ1) is 38.9. The van der Waals surface area contributed by atoms with Crippen LogP contribution in [0.25, 0.3) is 0 Å². The summed E-state index contributed by atoms with van der Waals surface area (Å²) in [5.74, 6) is 0. The fraction of sp³-hybridized carbons (Fsp3) is 0.714. The molecule has 3 unspecified atom stereocenters. The molecule has 45 heavy (non-hydrogen) atoms. The van der Waals surface area contributed by atoms with Gasteiger partial charge in [-0.3, -0.25) is 0 Å². The number of unbranched alkanes of at least 4 members (excludes halogenated alkanes) is 21. The van der Waals surface area contributed by atoms with Gasteiger partial charge in [0.25, 0.3) is 0 Å². The Hall–Kier alpha value is -0.510. The maximum Gasteiger partial charge on any atom is 0.000867 e. The summed E-state index contributed by atoms with van der Waals surface area (Å²) in [5.41, 5.74) is 3.28. The predicted molar refractivity (Wildman–Crippen MR) is 219 cm³/mol. The van der Waals surface area contributed by atoms with E-state index in [1.54, 1.807) is 16.1 Å². The van der Waals surface area contributed by atoms with E-state index in [4.69, 9.17) is 0 Å². The molecule has 3 atom stereocenters. The van der Waals surface area contributed by atoms with E-state index < -0.39 is 0 Å². The molecule has 0 fully saturated rings. The van der Waals surface area contributed by atoms with E-state index >= 15 is 0 Å². The van der Waals surface area contributed by atoms with Gasteiger partial charge in [-0.05, 0) is 87.7 Å². The Labute approximate surface area is 289 Å². The highest BCUT2D eigenvalue weighted by molar-refractivity contribution is 8.97. The minimum Gasteiger partial charge on any atom is -0.185 e. The smallest absolute Gasteiger partial charge is 0.000867 e. The number of hydrogen-bond donors (Lipinski definition) is 3. The molecule has 0 aromatic rings. The molecule has 0 saturated heterocycles. The fourth-order valence-electron chi connectivity index (χ4n) is 6.85. The lowest BCUT2D eigenvalue weighted by Crippen LogP contribution is -1.84. The molecule has 0 aromatic heterocycles. The van der Waals surface area contributed by atoms with E-state index in [0.717, 1.165) is 0 Å². The molecule has 260 valence electrons. The van der Waals surface area contributed by atoms with Crippen LogP contribution in [0.4, 0.5) is 0 Å². The summed E-state index contributed by atoms with van der Waals surface area (Å²) in [6.45, 7) is 6.96. The van der Waals surface area contributed by atoms with Crippen molar-refractivity contribution in [1.29, 1.82) is 0 Å². The van der Waals surface area contributed by atoms with Gasteiger partial charge in [0.1, 0.15) is 0 Å². The summed E-state index contributed by atoms with van der Waals surface area (Å²) in [4.78, 5) is 3.50. The monoisotopic (exact) mass is 674 g/mol. The lowest BCUT2D eigenvalue weighted by atomic mass is 10.0. The van der Waals surface area contributed by atoms with Gasteiger partial charge in [-0.1, -0.05) is 168 Å². The summed E-state index contributed by atoms with van der Waals surface area (Å²) >= 11 is 0. The molecule has 0 nitrogen and oxygen atoms in total. The van der Waals surface area contributed by atoms with Gasteiger partial charge in [-0.15, -0.1) is 0 Å². The molecule has 0 aromatic carbocycles. The quantitative estimate of drug-likeness (QED) is 0.0392. The topological polar surface area (TPSA) is 0 Å². The van der Waals surface area contributed by atoms with Crippen LogP contribution in [0.2, 0.25) is 0 Å². The molecule has 0 saturated carbocycles. The highest BCUT2D eigenvalue weighted by atomic mass is 33.2. The van der Waals surface area contributed by atoms with Crippen LogP contribution in [-0.4, -0.2) is 0 Å². The number of rotatable bonds is 29. The van der Waals surface area contributed by atoms with Gasteiger partial charge in [0.2, 0.25) is 0 Å². The van der Waals surface area contributed by atoms with Gasteiger partial charge >= 0.3 is 0 Å². The van der Waals surface area contributed by atoms with E-state index in [2.05, 4.69) is 66.0 Å². The molecule has 0 bridgehead atoms. The van der Waals surface area contributed by atoms with E-state index in [0.29, 0.717) is 0 Å². The van der Waals surface area contributed by atoms with Gasteiger partial charge in [-0.2, -0.15) is 30.7 Å². The minimum absolute atomic E-state index is 0.118. The van der Waals surface area contributed by atoms with Crippen LogP contribution >= 0.6 is 30.7 Å². The molecular formula is C42H74S3. The van der Waals surface area contributed by atoms with Crippen molar-refractivity contribution in [2.45, 2.75) is 194 Å². The van der Waals surface area contributed by atoms with E-state index in [1.165, 1.54) is 173 Å². The molecule has 0 aliphatic carbocycles. The molecule has 3 heteroatoms. The van der Waals surface area contributed by atoms with Crippen molar-refractivity contribution < 1.29 is 0 Å². The third-order valence-corrected chi connectivity index (χ3v) is 18.3. The van der Waals surface area contributed by atoms with Gasteiger partial charge in [0.05, 0.1) is 0 Å². The Morgan fingerprint density at radius 2 is 0.844 bits per heavy atom. The molecule has 3 rings (SSSR count). The second kappa shape index (κ2) is 25.5. The SMILES string of the molecule is CCCCCCCCCCCCC1=C[SH](C2=C[SH]([SH]3C=CC(CCCCCCCCCCCC)=C3)C(CCCCCC)=C2)C=C1. The maximum atomic E-state index is 2.79. The normalized spacial score (nSPS) is 23.0. The summed E-state index contributed by atoms with van der Waals surface area (Å²) in [6.07, 6.45) is 45.7. The lowest BCUT2D eigenvalue weighted by molar-refractivity contribution is 0.556. The molecule has 3 aliphatic heterocycles. The Kier molecular flexibility index (Phi) is 22.1. The van der Waals surface area contributed by atoms with Crippen molar-refractivity contribution in [2.24, 2.45) is 0 Å². The highest BCUT2D eigenvalue weighted by Crippen LogP contribution is 2.70. The van der Waals surface area contributed by atoms with Crippen LogP contribution in [0, 0.1) is 0 Å². The first-order valence-corrected chi connectivity index (χ1v) is 24.9. The Morgan fingerprint density at radius 3 is 1.38 bits per heavy atom. The zero-order valence-electron chi connectivity index (χ0n) is 30.1. The number of hydrogen-bond acceptors (Lipinski definition) is 0. The van der Waals surface area contributed by atoms with Crippen molar-refractivity contribution in [3.8, 4) is 0 Å². The lowest BCUT2D eigenvalue weighted by Gasteiger charge is -2.26. The van der Waals surface area contributed by atoms with Crippen LogP contribution in [0.3, 0.4) is 0 Å². The van der Waals surface area contributed by atoms with Crippen LogP contribution in [0.15, 0.2) is 66.2 Å². The molecule has 0 amide bonds. The average molecular weight is 675 g/mol. The largest absolute Gasteiger partial charge is 0.185 e. The fourth-order valence-corrected chi connectivity index (χ4v) is 16.2. The van der Waals surface area contributed by atoms with Crippen molar-refractivity contribution in [2.75, 3.05) is 0 Å². The van der Waals surface area contributed by atoms with Gasteiger partial charge in [-0.25, -0.2) is 0 Å². The van der Waals surface area contributed by atoms with Crippen LogP contribution < -0.4 is 0 Å². The predicted octanol–water partition coefficient (Wildman–Crippen LogP) is 16.1. The zero-order valence-corrected chi connectivity index (χ0v) is 32.7. The third-order valence-electron chi connectivity index (χ3n) is 9.83. The molecule has 3 heterocycles. The summed E-state index contributed by atoms with van der Waals surface area (Å²) in [5, 5.41) is 13.4. The Balaban J connectivity index is 1.41. The van der Waals surface area contributed by atoms with Crippen molar-refractivity contribution in [3.63, 3.8) is 0 Å². The van der Waals surface area contributed by atoms with Crippen molar-refractivity contribution in [1.82, 2.24) is 0 Å². The second-order valence-electron chi connectivity index (χ2n) is 14.0. The van der Waals surface area contributed by atoms with Crippen LogP contribution in [0.5, 0.6) is 0 Å². The Bertz CT molecular complexity index is 964. The van der Waals surface area contributed by atoms with E-state index in [1.807, 2.05) is 4.91 Å². The summed E-state index contributed by atoms with van der Waals surface area (Å²) < 4.78 is 0. The van der Waals surface area contributed by atoms with E-state index in [9.17, 15) is 0 Å². The second-order valence-corrected chi connectivity index (χ2v) is 21.4. The average Bonchev–Trinajstić information content (AvgIpc) is 3.81. The summed E-state index contributed by atoms with van der Waals surface area (Å²) in [6, 6.07) is 0. The molecular weight excluding hydrogens is 601 g/mol. The first-order chi connectivity index (χ1) is 22.2. The Morgan fingerprint density at radius 1 is 0.422 bits per heavy atom. The molecule has 0 N–H and O–H groups in total. The number of allylic oxidation sites excluding steroid dienone is 6. The molecule has 0 spiro atoms. The number of thiol groups is 3.